The molecule has 0 unspecified atom stereocenters. The summed E-state index contributed by atoms with van der Waals surface area (Å²) in [6.07, 6.45) is 0. The molecule has 66 valence electrons. The Labute approximate surface area is 73.2 Å². The highest BCUT2D eigenvalue weighted by atomic mass is 15.1. The summed E-state index contributed by atoms with van der Waals surface area (Å²) in [5, 5.41) is 0. The maximum atomic E-state index is 5.47. The number of rotatable bonds is 3. The summed E-state index contributed by atoms with van der Waals surface area (Å²) in [6, 6.07) is 5.95. The van der Waals surface area contributed by atoms with Gasteiger partial charge in [0.2, 0.25) is 0 Å². The molecule has 0 fully saturated rings. The van der Waals surface area contributed by atoms with E-state index in [4.69, 9.17) is 5.73 Å². The Balaban J connectivity index is 2.72. The Morgan fingerprint density at radius 2 is 2.00 bits per heavy atom. The molecule has 0 spiro atoms. The molecule has 0 amide bonds. The van der Waals surface area contributed by atoms with Crippen molar-refractivity contribution in [2.75, 3.05) is 14.1 Å². The maximum absolute atomic E-state index is 5.47. The minimum Gasteiger partial charge on any atom is -0.325 e. The lowest BCUT2D eigenvalue weighted by molar-refractivity contribution is 0.396. The molecule has 0 saturated carbocycles. The van der Waals surface area contributed by atoms with Gasteiger partial charge in [-0.3, -0.25) is 4.98 Å². The molecule has 1 rings (SSSR count). The predicted octanol–water partition coefficient (Wildman–Crippen LogP) is 0.602. The van der Waals surface area contributed by atoms with Crippen LogP contribution >= 0.6 is 0 Å². The first-order valence-corrected chi connectivity index (χ1v) is 4.02. The SMILES string of the molecule is CN(C)Cc1cccc(CN)n1. The molecular formula is C9H15N3. The zero-order valence-electron chi connectivity index (χ0n) is 7.62. The van der Waals surface area contributed by atoms with Crippen LogP contribution in [-0.2, 0) is 13.1 Å². The first kappa shape index (κ1) is 9.16. The Morgan fingerprint density at radius 3 is 2.58 bits per heavy atom. The third kappa shape index (κ3) is 2.60. The molecule has 2 N–H and O–H groups in total. The minimum absolute atomic E-state index is 0.515. The second kappa shape index (κ2) is 4.18. The number of pyridine rings is 1. The van der Waals surface area contributed by atoms with E-state index in [-0.39, 0.29) is 0 Å². The van der Waals surface area contributed by atoms with E-state index in [0.717, 1.165) is 17.9 Å². The van der Waals surface area contributed by atoms with Gasteiger partial charge in [0.25, 0.3) is 0 Å². The fourth-order valence-electron chi connectivity index (χ4n) is 1.05. The maximum Gasteiger partial charge on any atom is 0.0547 e. The predicted molar refractivity (Wildman–Crippen MR) is 49.5 cm³/mol. The van der Waals surface area contributed by atoms with Gasteiger partial charge >= 0.3 is 0 Å². The molecule has 1 aromatic heterocycles. The highest BCUT2D eigenvalue weighted by Crippen LogP contribution is 2.00. The van der Waals surface area contributed by atoms with Crippen LogP contribution in [0.4, 0.5) is 0 Å². The molecule has 0 atom stereocenters. The normalized spacial score (nSPS) is 10.7. The summed E-state index contributed by atoms with van der Waals surface area (Å²) in [5.74, 6) is 0. The molecule has 1 heterocycles. The summed E-state index contributed by atoms with van der Waals surface area (Å²) >= 11 is 0. The van der Waals surface area contributed by atoms with Crippen molar-refractivity contribution in [1.82, 2.24) is 9.88 Å². The number of aromatic nitrogens is 1. The number of hydrogen-bond donors (Lipinski definition) is 1. The third-order valence-corrected chi connectivity index (χ3v) is 1.55. The van der Waals surface area contributed by atoms with E-state index in [2.05, 4.69) is 9.88 Å². The smallest absolute Gasteiger partial charge is 0.0547 e. The van der Waals surface area contributed by atoms with Crippen molar-refractivity contribution in [3.63, 3.8) is 0 Å². The average Bonchev–Trinajstić information content (AvgIpc) is 2.03. The van der Waals surface area contributed by atoms with Crippen molar-refractivity contribution >= 4 is 0 Å². The second-order valence-corrected chi connectivity index (χ2v) is 3.06. The molecule has 0 saturated heterocycles. The van der Waals surface area contributed by atoms with Crippen LogP contribution < -0.4 is 5.73 Å². The van der Waals surface area contributed by atoms with Gasteiger partial charge in [0.05, 0.1) is 11.4 Å². The number of hydrogen-bond acceptors (Lipinski definition) is 3. The van der Waals surface area contributed by atoms with Crippen LogP contribution in [0.1, 0.15) is 11.4 Å². The Morgan fingerprint density at radius 1 is 1.33 bits per heavy atom. The fourth-order valence-corrected chi connectivity index (χ4v) is 1.05. The zero-order chi connectivity index (χ0) is 8.97. The van der Waals surface area contributed by atoms with Gasteiger partial charge in [-0.15, -0.1) is 0 Å². The van der Waals surface area contributed by atoms with Crippen molar-refractivity contribution < 1.29 is 0 Å². The van der Waals surface area contributed by atoms with Crippen LogP contribution in [0.3, 0.4) is 0 Å². The zero-order valence-corrected chi connectivity index (χ0v) is 7.62. The largest absolute Gasteiger partial charge is 0.325 e. The van der Waals surface area contributed by atoms with Gasteiger partial charge in [-0.1, -0.05) is 6.07 Å². The van der Waals surface area contributed by atoms with Gasteiger partial charge in [0.1, 0.15) is 0 Å². The van der Waals surface area contributed by atoms with Gasteiger partial charge in [0.15, 0.2) is 0 Å². The minimum atomic E-state index is 0.515. The van der Waals surface area contributed by atoms with Crippen LogP contribution in [0.5, 0.6) is 0 Å². The third-order valence-electron chi connectivity index (χ3n) is 1.55. The van der Waals surface area contributed by atoms with Gasteiger partial charge < -0.3 is 10.6 Å². The molecular weight excluding hydrogens is 150 g/mol. The van der Waals surface area contributed by atoms with Gasteiger partial charge in [0, 0.05) is 13.1 Å². The van der Waals surface area contributed by atoms with Crippen molar-refractivity contribution in [3.05, 3.63) is 29.6 Å². The highest BCUT2D eigenvalue weighted by molar-refractivity contribution is 5.10. The molecule has 0 radical (unpaired) electrons. The van der Waals surface area contributed by atoms with Crippen molar-refractivity contribution in [2.24, 2.45) is 5.73 Å². The number of nitrogens with two attached hydrogens (primary N) is 1. The van der Waals surface area contributed by atoms with E-state index in [1.54, 1.807) is 0 Å². The number of nitrogens with zero attached hydrogens (tertiary/aromatic N) is 2. The lowest BCUT2D eigenvalue weighted by atomic mass is 10.3. The summed E-state index contributed by atoms with van der Waals surface area (Å²) in [6.45, 7) is 1.38. The van der Waals surface area contributed by atoms with Gasteiger partial charge in [-0.2, -0.15) is 0 Å². The summed E-state index contributed by atoms with van der Waals surface area (Å²) in [7, 11) is 4.05. The highest BCUT2D eigenvalue weighted by Gasteiger charge is 1.96. The molecule has 3 heteroatoms. The van der Waals surface area contributed by atoms with E-state index in [0.29, 0.717) is 6.54 Å². The molecule has 12 heavy (non-hydrogen) atoms. The monoisotopic (exact) mass is 165 g/mol. The van der Waals surface area contributed by atoms with Gasteiger partial charge in [-0.05, 0) is 26.2 Å². The quantitative estimate of drug-likeness (QED) is 0.713. The topological polar surface area (TPSA) is 42.1 Å². The molecule has 0 aliphatic carbocycles. The molecule has 1 aromatic rings. The van der Waals surface area contributed by atoms with Crippen molar-refractivity contribution in [1.29, 1.82) is 0 Å². The molecule has 3 nitrogen and oxygen atoms in total. The molecule has 0 aliphatic heterocycles. The molecule has 0 aromatic carbocycles. The van der Waals surface area contributed by atoms with Crippen LogP contribution in [0.15, 0.2) is 18.2 Å². The average molecular weight is 165 g/mol. The Kier molecular flexibility index (Phi) is 3.19. The summed E-state index contributed by atoms with van der Waals surface area (Å²) in [4.78, 5) is 6.45. The fraction of sp³-hybridized carbons (Fsp3) is 0.444. The Hall–Kier alpha value is -0.930. The van der Waals surface area contributed by atoms with Crippen LogP contribution in [-0.4, -0.2) is 24.0 Å². The Bertz CT molecular complexity index is 245. The van der Waals surface area contributed by atoms with Crippen molar-refractivity contribution in [3.8, 4) is 0 Å². The van der Waals surface area contributed by atoms with E-state index >= 15 is 0 Å². The van der Waals surface area contributed by atoms with Crippen LogP contribution in [0.25, 0.3) is 0 Å². The van der Waals surface area contributed by atoms with Crippen LogP contribution in [0.2, 0.25) is 0 Å². The second-order valence-electron chi connectivity index (χ2n) is 3.06. The standard InChI is InChI=1S/C9H15N3/c1-12(2)7-9-5-3-4-8(6-10)11-9/h3-5H,6-7,10H2,1-2H3. The summed E-state index contributed by atoms with van der Waals surface area (Å²) in [5.41, 5.74) is 7.50. The van der Waals surface area contributed by atoms with E-state index in [9.17, 15) is 0 Å². The molecule has 0 bridgehead atoms. The first-order valence-electron chi connectivity index (χ1n) is 4.02. The molecule has 0 aliphatic rings. The lowest BCUT2D eigenvalue weighted by Gasteiger charge is -2.08. The van der Waals surface area contributed by atoms with E-state index in [1.807, 2.05) is 32.3 Å². The lowest BCUT2D eigenvalue weighted by Crippen LogP contribution is -2.12. The van der Waals surface area contributed by atoms with E-state index in [1.165, 1.54) is 0 Å². The first-order chi connectivity index (χ1) is 5.72. The summed E-state index contributed by atoms with van der Waals surface area (Å²) < 4.78 is 0. The van der Waals surface area contributed by atoms with Gasteiger partial charge in [-0.25, -0.2) is 0 Å². The van der Waals surface area contributed by atoms with Crippen molar-refractivity contribution in [2.45, 2.75) is 13.1 Å². The van der Waals surface area contributed by atoms with Crippen LogP contribution in [0, 0.1) is 0 Å². The van der Waals surface area contributed by atoms with E-state index < -0.39 is 0 Å².